The zero-order valence-corrected chi connectivity index (χ0v) is 7.52. The maximum atomic E-state index is 5.39. The first-order valence-corrected chi connectivity index (χ1v) is 4.28. The molecule has 1 aliphatic rings. The smallest absolute Gasteiger partial charge is 0.0492 e. The fraction of sp³-hybridized carbons (Fsp3) is 0.333. The van der Waals surface area contributed by atoms with Crippen LogP contribution in [0, 0.1) is 26.2 Å². The fourth-order valence-electron chi connectivity index (χ4n) is 1.75. The first kappa shape index (κ1) is 7.43. The molecule has 0 aromatic heterocycles. The van der Waals surface area contributed by atoms with Gasteiger partial charge in [0.15, 0.2) is 0 Å². The van der Waals surface area contributed by atoms with E-state index >= 15 is 0 Å². The van der Waals surface area contributed by atoms with Crippen molar-refractivity contribution < 1.29 is 0 Å². The van der Waals surface area contributed by atoms with E-state index in [0.29, 0.717) is 5.92 Å². The van der Waals surface area contributed by atoms with Gasteiger partial charge in [0, 0.05) is 5.92 Å². The molecule has 0 heteroatoms. The molecular weight excluding hydrogens is 144 g/mol. The number of hydrogen-bond donors (Lipinski definition) is 0. The third-order valence-corrected chi connectivity index (χ3v) is 2.76. The number of terminal acetylenes is 1. The Labute approximate surface area is 73.6 Å². The van der Waals surface area contributed by atoms with Crippen LogP contribution >= 0.6 is 0 Å². The highest BCUT2D eigenvalue weighted by Gasteiger charge is 2.24. The second-order valence-corrected chi connectivity index (χ2v) is 3.56. The van der Waals surface area contributed by atoms with Crippen LogP contribution in [0.25, 0.3) is 0 Å². The highest BCUT2D eigenvalue weighted by molar-refractivity contribution is 5.49. The average Bonchev–Trinajstić information content (AvgIpc) is 2.04. The normalized spacial score (nSPS) is 19.2. The average molecular weight is 156 g/mol. The minimum Gasteiger partial charge on any atom is -0.119 e. The first-order valence-electron chi connectivity index (χ1n) is 4.28. The number of aryl methyl sites for hydroxylation is 2. The summed E-state index contributed by atoms with van der Waals surface area (Å²) in [6.07, 6.45) is 6.46. The predicted octanol–water partition coefficient (Wildman–Crippen LogP) is 2.58. The van der Waals surface area contributed by atoms with E-state index < -0.39 is 0 Å². The summed E-state index contributed by atoms with van der Waals surface area (Å²) in [5.41, 5.74) is 5.56. The van der Waals surface area contributed by atoms with Gasteiger partial charge < -0.3 is 0 Å². The van der Waals surface area contributed by atoms with E-state index in [2.05, 4.69) is 31.9 Å². The molecule has 0 bridgehead atoms. The molecule has 0 saturated carbocycles. The van der Waals surface area contributed by atoms with Crippen molar-refractivity contribution in [2.24, 2.45) is 0 Å². The van der Waals surface area contributed by atoms with Crippen molar-refractivity contribution in [3.8, 4) is 12.3 Å². The van der Waals surface area contributed by atoms with Crippen molar-refractivity contribution in [2.75, 3.05) is 0 Å². The zero-order valence-electron chi connectivity index (χ0n) is 7.52. The van der Waals surface area contributed by atoms with Crippen LogP contribution in [0.3, 0.4) is 0 Å². The van der Waals surface area contributed by atoms with Crippen LogP contribution in [-0.4, -0.2) is 0 Å². The first-order chi connectivity index (χ1) is 5.72. The zero-order chi connectivity index (χ0) is 8.72. The molecule has 0 spiro atoms. The Hall–Kier alpha value is -1.22. The summed E-state index contributed by atoms with van der Waals surface area (Å²) in [5, 5.41) is 0. The number of hydrogen-bond acceptors (Lipinski definition) is 0. The Balaban J connectivity index is 2.51. The molecule has 0 N–H and O–H groups in total. The van der Waals surface area contributed by atoms with Crippen LogP contribution in [0.4, 0.5) is 0 Å². The number of rotatable bonds is 0. The van der Waals surface area contributed by atoms with Crippen molar-refractivity contribution in [3.63, 3.8) is 0 Å². The molecule has 0 nitrogen and oxygen atoms in total. The molecule has 60 valence electrons. The summed E-state index contributed by atoms with van der Waals surface area (Å²) in [6.45, 7) is 4.29. The molecule has 12 heavy (non-hydrogen) atoms. The van der Waals surface area contributed by atoms with Gasteiger partial charge in [-0.2, -0.15) is 0 Å². The van der Waals surface area contributed by atoms with E-state index in [1.165, 1.54) is 22.3 Å². The van der Waals surface area contributed by atoms with Crippen LogP contribution in [-0.2, 0) is 6.42 Å². The van der Waals surface area contributed by atoms with E-state index in [1.807, 2.05) is 0 Å². The SMILES string of the molecule is C#CC1Cc2cc(C)c(C)cc21. The maximum Gasteiger partial charge on any atom is 0.0492 e. The molecule has 2 rings (SSSR count). The van der Waals surface area contributed by atoms with Crippen LogP contribution in [0.15, 0.2) is 12.1 Å². The minimum atomic E-state index is 0.388. The third kappa shape index (κ3) is 0.865. The van der Waals surface area contributed by atoms with E-state index in [9.17, 15) is 0 Å². The van der Waals surface area contributed by atoms with Crippen molar-refractivity contribution in [1.82, 2.24) is 0 Å². The van der Waals surface area contributed by atoms with Gasteiger partial charge in [0.2, 0.25) is 0 Å². The fourth-order valence-corrected chi connectivity index (χ4v) is 1.75. The highest BCUT2D eigenvalue weighted by Crippen LogP contribution is 2.35. The molecule has 0 heterocycles. The molecule has 1 unspecified atom stereocenters. The molecule has 0 fully saturated rings. The lowest BCUT2D eigenvalue weighted by molar-refractivity contribution is 0.751. The van der Waals surface area contributed by atoms with Gasteiger partial charge >= 0.3 is 0 Å². The van der Waals surface area contributed by atoms with Crippen LogP contribution in [0.1, 0.15) is 28.2 Å². The van der Waals surface area contributed by atoms with Crippen LogP contribution in [0.2, 0.25) is 0 Å². The van der Waals surface area contributed by atoms with Gasteiger partial charge in [-0.05, 0) is 42.5 Å². The van der Waals surface area contributed by atoms with Crippen LogP contribution < -0.4 is 0 Å². The summed E-state index contributed by atoms with van der Waals surface area (Å²) >= 11 is 0. The quantitative estimate of drug-likeness (QED) is 0.506. The summed E-state index contributed by atoms with van der Waals surface area (Å²) in [6, 6.07) is 4.50. The second-order valence-electron chi connectivity index (χ2n) is 3.56. The molecule has 1 atom stereocenters. The molecule has 0 radical (unpaired) electrons. The Kier molecular flexibility index (Phi) is 1.48. The monoisotopic (exact) mass is 156 g/mol. The second kappa shape index (κ2) is 2.38. The van der Waals surface area contributed by atoms with Crippen LogP contribution in [0.5, 0.6) is 0 Å². The molecule has 1 aliphatic carbocycles. The summed E-state index contributed by atoms with van der Waals surface area (Å²) < 4.78 is 0. The Bertz CT molecular complexity index is 366. The van der Waals surface area contributed by atoms with Gasteiger partial charge in [0.05, 0.1) is 0 Å². The van der Waals surface area contributed by atoms with E-state index in [-0.39, 0.29) is 0 Å². The van der Waals surface area contributed by atoms with Crippen molar-refractivity contribution >= 4 is 0 Å². The van der Waals surface area contributed by atoms with Crippen molar-refractivity contribution in [3.05, 3.63) is 34.4 Å². The van der Waals surface area contributed by atoms with Gasteiger partial charge in [0.25, 0.3) is 0 Å². The van der Waals surface area contributed by atoms with Gasteiger partial charge in [-0.3, -0.25) is 0 Å². The number of fused-ring (bicyclic) bond motifs is 1. The molecular formula is C12H12. The lowest BCUT2D eigenvalue weighted by Gasteiger charge is -2.27. The topological polar surface area (TPSA) is 0 Å². The van der Waals surface area contributed by atoms with E-state index in [0.717, 1.165) is 6.42 Å². The molecule has 0 aliphatic heterocycles. The molecule has 0 saturated heterocycles. The largest absolute Gasteiger partial charge is 0.119 e. The Morgan fingerprint density at radius 2 is 2.00 bits per heavy atom. The van der Waals surface area contributed by atoms with Gasteiger partial charge in [-0.15, -0.1) is 6.42 Å². The lowest BCUT2D eigenvalue weighted by atomic mass is 9.76. The van der Waals surface area contributed by atoms with E-state index in [4.69, 9.17) is 6.42 Å². The van der Waals surface area contributed by atoms with Gasteiger partial charge in [-0.1, -0.05) is 18.1 Å². The van der Waals surface area contributed by atoms with E-state index in [1.54, 1.807) is 0 Å². The molecule has 0 amide bonds. The Morgan fingerprint density at radius 3 is 2.67 bits per heavy atom. The van der Waals surface area contributed by atoms with Crippen molar-refractivity contribution in [1.29, 1.82) is 0 Å². The maximum absolute atomic E-state index is 5.39. The predicted molar refractivity (Wildman–Crippen MR) is 51.2 cm³/mol. The Morgan fingerprint density at radius 1 is 1.33 bits per heavy atom. The highest BCUT2D eigenvalue weighted by atomic mass is 14.3. The standard InChI is InChI=1S/C12H12/c1-4-10-7-11-5-8(2)9(3)6-12(10)11/h1,5-6,10H,7H2,2-3H3. The summed E-state index contributed by atoms with van der Waals surface area (Å²) in [7, 11) is 0. The molecule has 1 aromatic carbocycles. The summed E-state index contributed by atoms with van der Waals surface area (Å²) in [4.78, 5) is 0. The third-order valence-electron chi connectivity index (χ3n) is 2.76. The minimum absolute atomic E-state index is 0.388. The van der Waals surface area contributed by atoms with Gasteiger partial charge in [-0.25, -0.2) is 0 Å². The molecule has 1 aromatic rings. The van der Waals surface area contributed by atoms with Crippen molar-refractivity contribution in [2.45, 2.75) is 26.2 Å². The lowest BCUT2D eigenvalue weighted by Crippen LogP contribution is -2.15. The summed E-state index contributed by atoms with van der Waals surface area (Å²) in [5.74, 6) is 3.19. The van der Waals surface area contributed by atoms with Gasteiger partial charge in [0.1, 0.15) is 0 Å². The number of benzene rings is 1.